The second-order valence-corrected chi connectivity index (χ2v) is 4.41. The van der Waals surface area contributed by atoms with Crippen LogP contribution < -0.4 is 10.6 Å². The Balaban J connectivity index is 2.03. The predicted octanol–water partition coefficient (Wildman–Crippen LogP) is 1.00. The second-order valence-electron chi connectivity index (χ2n) is 4.41. The van der Waals surface area contributed by atoms with Crippen molar-refractivity contribution >= 4 is 0 Å². The molecule has 1 aliphatic carbocycles. The molecule has 0 spiro atoms. The van der Waals surface area contributed by atoms with Gasteiger partial charge >= 0.3 is 0 Å². The van der Waals surface area contributed by atoms with Gasteiger partial charge in [-0.2, -0.15) is 0 Å². The number of hydrogen-bond acceptors (Lipinski definition) is 3. The van der Waals surface area contributed by atoms with E-state index in [2.05, 4.69) is 10.6 Å². The molecular formula is C11H24N2O. The zero-order valence-electron chi connectivity index (χ0n) is 9.57. The van der Waals surface area contributed by atoms with Gasteiger partial charge in [-0.05, 0) is 38.3 Å². The molecule has 14 heavy (non-hydrogen) atoms. The van der Waals surface area contributed by atoms with Gasteiger partial charge in [0.2, 0.25) is 0 Å². The van der Waals surface area contributed by atoms with E-state index in [4.69, 9.17) is 4.74 Å². The Bertz CT molecular complexity index is 146. The van der Waals surface area contributed by atoms with Crippen LogP contribution in [0.1, 0.15) is 25.7 Å². The van der Waals surface area contributed by atoms with Crippen molar-refractivity contribution in [1.29, 1.82) is 0 Å². The summed E-state index contributed by atoms with van der Waals surface area (Å²) in [5.74, 6) is 0. The van der Waals surface area contributed by atoms with E-state index in [0.29, 0.717) is 5.41 Å². The maximum Gasteiger partial charge on any atom is 0.0474 e. The summed E-state index contributed by atoms with van der Waals surface area (Å²) in [6.07, 6.45) is 5.28. The first-order chi connectivity index (χ1) is 6.83. The molecule has 84 valence electrons. The third-order valence-corrected chi connectivity index (χ3v) is 3.17. The molecule has 0 heterocycles. The fourth-order valence-corrected chi connectivity index (χ4v) is 2.16. The molecule has 2 N–H and O–H groups in total. The van der Waals surface area contributed by atoms with Gasteiger partial charge in [0.15, 0.2) is 0 Å². The van der Waals surface area contributed by atoms with Crippen molar-refractivity contribution in [3.8, 4) is 0 Å². The lowest BCUT2D eigenvalue weighted by molar-refractivity contribution is 0.128. The molecule has 0 bridgehead atoms. The van der Waals surface area contributed by atoms with Gasteiger partial charge in [-0.3, -0.25) is 0 Å². The van der Waals surface area contributed by atoms with Crippen LogP contribution in [0.25, 0.3) is 0 Å². The molecule has 0 amide bonds. The zero-order chi connectivity index (χ0) is 10.3. The summed E-state index contributed by atoms with van der Waals surface area (Å²) >= 11 is 0. The summed E-state index contributed by atoms with van der Waals surface area (Å²) < 4.78 is 5.01. The van der Waals surface area contributed by atoms with E-state index in [1.165, 1.54) is 19.3 Å². The molecule has 1 saturated carbocycles. The molecule has 0 radical (unpaired) electrons. The third-order valence-electron chi connectivity index (χ3n) is 3.17. The van der Waals surface area contributed by atoms with Crippen LogP contribution in [0.15, 0.2) is 0 Å². The van der Waals surface area contributed by atoms with Crippen molar-refractivity contribution in [2.75, 3.05) is 40.4 Å². The van der Waals surface area contributed by atoms with Gasteiger partial charge in [0.05, 0.1) is 0 Å². The maximum absolute atomic E-state index is 5.01. The molecule has 1 rings (SSSR count). The van der Waals surface area contributed by atoms with Crippen LogP contribution in [0, 0.1) is 5.41 Å². The van der Waals surface area contributed by atoms with E-state index in [1.54, 1.807) is 7.11 Å². The molecule has 0 unspecified atom stereocenters. The van der Waals surface area contributed by atoms with Crippen molar-refractivity contribution in [3.05, 3.63) is 0 Å². The summed E-state index contributed by atoms with van der Waals surface area (Å²) in [6, 6.07) is 0. The molecule has 1 fully saturated rings. The number of ether oxygens (including phenoxy) is 1. The highest BCUT2D eigenvalue weighted by Crippen LogP contribution is 2.39. The van der Waals surface area contributed by atoms with Crippen molar-refractivity contribution in [2.24, 2.45) is 5.41 Å². The standard InChI is InChI=1S/C11H24N2O/c1-12-9-11(5-3-6-11)10-13-7-4-8-14-2/h12-13H,3-10H2,1-2H3. The highest BCUT2D eigenvalue weighted by atomic mass is 16.5. The summed E-state index contributed by atoms with van der Waals surface area (Å²) in [5, 5.41) is 6.83. The van der Waals surface area contributed by atoms with Crippen molar-refractivity contribution < 1.29 is 4.74 Å². The Morgan fingerprint density at radius 1 is 1.29 bits per heavy atom. The van der Waals surface area contributed by atoms with Gasteiger partial charge in [-0.25, -0.2) is 0 Å². The minimum absolute atomic E-state index is 0.557. The molecule has 0 aromatic rings. The Morgan fingerprint density at radius 3 is 2.57 bits per heavy atom. The molecule has 3 heteroatoms. The Kier molecular flexibility index (Phi) is 5.45. The first kappa shape index (κ1) is 12.0. The number of rotatable bonds is 8. The number of nitrogens with one attached hydrogen (secondary N) is 2. The molecule has 0 atom stereocenters. The second kappa shape index (κ2) is 6.38. The third kappa shape index (κ3) is 3.56. The molecule has 0 saturated heterocycles. The first-order valence-corrected chi connectivity index (χ1v) is 5.67. The van der Waals surface area contributed by atoms with Crippen LogP contribution in [0.2, 0.25) is 0 Å². The summed E-state index contributed by atoms with van der Waals surface area (Å²) in [5.41, 5.74) is 0.557. The average molecular weight is 200 g/mol. The molecule has 3 nitrogen and oxygen atoms in total. The first-order valence-electron chi connectivity index (χ1n) is 5.67. The van der Waals surface area contributed by atoms with Gasteiger partial charge < -0.3 is 15.4 Å². The van der Waals surface area contributed by atoms with E-state index in [-0.39, 0.29) is 0 Å². The highest BCUT2D eigenvalue weighted by molar-refractivity contribution is 4.90. The molecule has 0 aromatic heterocycles. The van der Waals surface area contributed by atoms with Crippen LogP contribution in [0.3, 0.4) is 0 Å². The van der Waals surface area contributed by atoms with E-state index >= 15 is 0 Å². The predicted molar refractivity (Wildman–Crippen MR) is 59.6 cm³/mol. The Labute approximate surface area is 87.6 Å². The Hall–Kier alpha value is -0.120. The molecule has 1 aliphatic rings. The maximum atomic E-state index is 5.01. The van der Waals surface area contributed by atoms with Crippen molar-refractivity contribution in [3.63, 3.8) is 0 Å². The summed E-state index contributed by atoms with van der Waals surface area (Å²) in [6.45, 7) is 4.27. The van der Waals surface area contributed by atoms with Gasteiger partial charge in [0.1, 0.15) is 0 Å². The fourth-order valence-electron chi connectivity index (χ4n) is 2.16. The zero-order valence-corrected chi connectivity index (χ0v) is 9.57. The van der Waals surface area contributed by atoms with E-state index in [1.807, 2.05) is 7.05 Å². The summed E-state index contributed by atoms with van der Waals surface area (Å²) in [4.78, 5) is 0. The minimum Gasteiger partial charge on any atom is -0.385 e. The SMILES string of the molecule is CNCC1(CNCCCOC)CCC1. The number of methoxy groups -OCH3 is 1. The average Bonchev–Trinajstić information content (AvgIpc) is 2.13. The van der Waals surface area contributed by atoms with Crippen LogP contribution in [-0.4, -0.2) is 40.4 Å². The normalized spacial score (nSPS) is 19.3. The van der Waals surface area contributed by atoms with Crippen LogP contribution >= 0.6 is 0 Å². The molecule has 0 aliphatic heterocycles. The quantitative estimate of drug-likeness (QED) is 0.574. The smallest absolute Gasteiger partial charge is 0.0474 e. The molecule has 0 aromatic carbocycles. The van der Waals surface area contributed by atoms with Crippen molar-refractivity contribution in [1.82, 2.24) is 10.6 Å². The highest BCUT2D eigenvalue weighted by Gasteiger charge is 2.35. The van der Waals surface area contributed by atoms with Gasteiger partial charge in [-0.15, -0.1) is 0 Å². The van der Waals surface area contributed by atoms with Crippen LogP contribution in [0.4, 0.5) is 0 Å². The fraction of sp³-hybridized carbons (Fsp3) is 1.00. The van der Waals surface area contributed by atoms with E-state index < -0.39 is 0 Å². The number of hydrogen-bond donors (Lipinski definition) is 2. The largest absolute Gasteiger partial charge is 0.385 e. The molecular weight excluding hydrogens is 176 g/mol. The van der Waals surface area contributed by atoms with Crippen LogP contribution in [-0.2, 0) is 4.74 Å². The van der Waals surface area contributed by atoms with Gasteiger partial charge in [0, 0.05) is 26.8 Å². The monoisotopic (exact) mass is 200 g/mol. The minimum atomic E-state index is 0.557. The summed E-state index contributed by atoms with van der Waals surface area (Å²) in [7, 11) is 3.80. The van der Waals surface area contributed by atoms with Gasteiger partial charge in [-0.1, -0.05) is 6.42 Å². The van der Waals surface area contributed by atoms with Gasteiger partial charge in [0.25, 0.3) is 0 Å². The topological polar surface area (TPSA) is 33.3 Å². The lowest BCUT2D eigenvalue weighted by atomic mass is 9.68. The van der Waals surface area contributed by atoms with E-state index in [9.17, 15) is 0 Å². The van der Waals surface area contributed by atoms with Crippen molar-refractivity contribution in [2.45, 2.75) is 25.7 Å². The van der Waals surface area contributed by atoms with Crippen LogP contribution in [0.5, 0.6) is 0 Å². The Morgan fingerprint density at radius 2 is 2.07 bits per heavy atom. The lowest BCUT2D eigenvalue weighted by Crippen LogP contribution is -2.46. The van der Waals surface area contributed by atoms with E-state index in [0.717, 1.165) is 32.7 Å². The lowest BCUT2D eigenvalue weighted by Gasteiger charge is -2.42.